The lowest BCUT2D eigenvalue weighted by molar-refractivity contribution is 0.922. The smallest absolute Gasteiger partial charge is 0.0767 e. The Bertz CT molecular complexity index is 317. The Morgan fingerprint density at radius 3 is 2.50 bits per heavy atom. The Balaban J connectivity index is 2.55. The number of nitrogens with zero attached hydrogens (tertiary/aromatic N) is 1. The molecule has 1 aliphatic heterocycles. The van der Waals surface area contributed by atoms with Crippen molar-refractivity contribution in [3.05, 3.63) is 9.75 Å². The Morgan fingerprint density at radius 1 is 1.25 bits per heavy atom. The quantitative estimate of drug-likeness (QED) is 0.631. The van der Waals surface area contributed by atoms with Gasteiger partial charge in [-0.3, -0.25) is 0 Å². The van der Waals surface area contributed by atoms with Gasteiger partial charge in [-0.1, -0.05) is 11.8 Å². The van der Waals surface area contributed by atoms with Crippen LogP contribution in [0, 0.1) is 13.8 Å². The van der Waals surface area contributed by atoms with Crippen LogP contribution in [0.5, 0.6) is 0 Å². The summed E-state index contributed by atoms with van der Waals surface area (Å²) in [4.78, 5) is 6.82. The second kappa shape index (κ2) is 2.67. The van der Waals surface area contributed by atoms with Crippen molar-refractivity contribution in [1.29, 1.82) is 0 Å². The molecule has 66 valence electrons. The molecule has 0 saturated heterocycles. The van der Waals surface area contributed by atoms with E-state index in [0.717, 1.165) is 0 Å². The molecule has 3 heteroatoms. The standard InChI is InChI=1S/C9H13NS2/c1-5-8-9(6(2)11-5)12-7(3)10(8)4/h7H,1-4H3. The van der Waals surface area contributed by atoms with Gasteiger partial charge < -0.3 is 4.90 Å². The molecule has 0 aliphatic carbocycles. The maximum atomic E-state index is 2.37. The third-order valence-corrected chi connectivity index (χ3v) is 4.89. The zero-order valence-corrected chi connectivity index (χ0v) is 9.47. The summed E-state index contributed by atoms with van der Waals surface area (Å²) in [5.74, 6) is 0. The average molecular weight is 199 g/mol. The highest BCUT2D eigenvalue weighted by Crippen LogP contribution is 2.49. The summed E-state index contributed by atoms with van der Waals surface area (Å²) in [6.07, 6.45) is 0. The minimum atomic E-state index is 0.612. The van der Waals surface area contributed by atoms with Gasteiger partial charge in [-0.05, 0) is 20.8 Å². The number of fused-ring (bicyclic) bond motifs is 1. The van der Waals surface area contributed by atoms with E-state index in [9.17, 15) is 0 Å². The molecule has 1 unspecified atom stereocenters. The average Bonchev–Trinajstić information content (AvgIpc) is 2.41. The number of thiophene rings is 1. The van der Waals surface area contributed by atoms with Crippen LogP contribution in [0.25, 0.3) is 0 Å². The highest BCUT2D eigenvalue weighted by Gasteiger charge is 2.28. The van der Waals surface area contributed by atoms with E-state index in [0.29, 0.717) is 5.37 Å². The third-order valence-electron chi connectivity index (χ3n) is 2.36. The molecule has 0 saturated carbocycles. The van der Waals surface area contributed by atoms with Crippen molar-refractivity contribution in [3.63, 3.8) is 0 Å². The first kappa shape index (κ1) is 8.45. The second-order valence-electron chi connectivity index (χ2n) is 3.22. The summed E-state index contributed by atoms with van der Waals surface area (Å²) in [7, 11) is 2.18. The normalized spacial score (nSPS) is 21.7. The lowest BCUT2D eigenvalue weighted by Crippen LogP contribution is -2.20. The van der Waals surface area contributed by atoms with E-state index >= 15 is 0 Å². The topological polar surface area (TPSA) is 3.24 Å². The maximum Gasteiger partial charge on any atom is 0.0767 e. The fourth-order valence-electron chi connectivity index (χ4n) is 1.63. The molecule has 0 spiro atoms. The first-order chi connectivity index (χ1) is 5.61. The predicted octanol–water partition coefficient (Wildman–Crippen LogP) is 3.25. The molecule has 2 heterocycles. The van der Waals surface area contributed by atoms with Crippen molar-refractivity contribution in [2.45, 2.75) is 31.0 Å². The number of thioether (sulfide) groups is 1. The minimum absolute atomic E-state index is 0.612. The van der Waals surface area contributed by atoms with Crippen LogP contribution in [0.1, 0.15) is 16.7 Å². The highest BCUT2D eigenvalue weighted by molar-refractivity contribution is 8.00. The first-order valence-electron chi connectivity index (χ1n) is 4.10. The molecule has 0 fully saturated rings. The number of rotatable bonds is 0. The Labute approximate surface area is 81.8 Å². The molecule has 1 aromatic rings. The van der Waals surface area contributed by atoms with Crippen LogP contribution in [0.15, 0.2) is 4.90 Å². The first-order valence-corrected chi connectivity index (χ1v) is 5.80. The summed E-state index contributed by atoms with van der Waals surface area (Å²) in [5.41, 5.74) is 1.47. The van der Waals surface area contributed by atoms with E-state index in [1.54, 1.807) is 0 Å². The van der Waals surface area contributed by atoms with Crippen molar-refractivity contribution in [2.24, 2.45) is 0 Å². The van der Waals surface area contributed by atoms with Crippen LogP contribution >= 0.6 is 23.1 Å². The molecule has 1 nitrogen and oxygen atoms in total. The molecule has 0 radical (unpaired) electrons. The molecule has 1 aliphatic rings. The number of aryl methyl sites for hydroxylation is 2. The maximum absolute atomic E-state index is 2.37. The van der Waals surface area contributed by atoms with Crippen LogP contribution in [-0.4, -0.2) is 12.4 Å². The molecule has 0 N–H and O–H groups in total. The summed E-state index contributed by atoms with van der Waals surface area (Å²) >= 11 is 3.90. The van der Waals surface area contributed by atoms with Crippen molar-refractivity contribution in [3.8, 4) is 0 Å². The lowest BCUT2D eigenvalue weighted by Gasteiger charge is -2.17. The van der Waals surface area contributed by atoms with E-state index < -0.39 is 0 Å². The van der Waals surface area contributed by atoms with Gasteiger partial charge in [0.15, 0.2) is 0 Å². The fourth-order valence-corrected chi connectivity index (χ4v) is 4.13. The number of anilines is 1. The summed E-state index contributed by atoms with van der Waals surface area (Å²) in [5, 5.41) is 0.612. The molecule has 2 rings (SSSR count). The SMILES string of the molecule is Cc1sc(C)c2c1SC(C)N2C. The van der Waals surface area contributed by atoms with Crippen LogP contribution in [-0.2, 0) is 0 Å². The summed E-state index contributed by atoms with van der Waals surface area (Å²) in [6.45, 7) is 6.69. The summed E-state index contributed by atoms with van der Waals surface area (Å²) in [6, 6.07) is 0. The largest absolute Gasteiger partial charge is 0.361 e. The number of hydrogen-bond acceptors (Lipinski definition) is 3. The highest BCUT2D eigenvalue weighted by atomic mass is 32.2. The minimum Gasteiger partial charge on any atom is -0.361 e. The van der Waals surface area contributed by atoms with Gasteiger partial charge in [0, 0.05) is 21.7 Å². The molecular weight excluding hydrogens is 186 g/mol. The van der Waals surface area contributed by atoms with Crippen LogP contribution in [0.4, 0.5) is 5.69 Å². The number of hydrogen-bond donors (Lipinski definition) is 0. The van der Waals surface area contributed by atoms with Crippen molar-refractivity contribution >= 4 is 28.8 Å². The van der Waals surface area contributed by atoms with E-state index in [2.05, 4.69) is 32.7 Å². The third kappa shape index (κ3) is 0.995. The van der Waals surface area contributed by atoms with E-state index in [1.165, 1.54) is 20.3 Å². The fraction of sp³-hybridized carbons (Fsp3) is 0.556. The lowest BCUT2D eigenvalue weighted by atomic mass is 10.3. The second-order valence-corrected chi connectivity index (χ2v) is 5.98. The molecular formula is C9H13NS2. The van der Waals surface area contributed by atoms with Crippen LogP contribution < -0.4 is 4.90 Å². The Kier molecular flexibility index (Phi) is 1.88. The molecule has 0 amide bonds. The van der Waals surface area contributed by atoms with E-state index in [4.69, 9.17) is 0 Å². The Morgan fingerprint density at radius 2 is 1.92 bits per heavy atom. The molecule has 1 atom stereocenters. The van der Waals surface area contributed by atoms with Gasteiger partial charge in [0.25, 0.3) is 0 Å². The van der Waals surface area contributed by atoms with E-state index in [1.807, 2.05) is 23.1 Å². The van der Waals surface area contributed by atoms with Crippen LogP contribution in [0.3, 0.4) is 0 Å². The summed E-state index contributed by atoms with van der Waals surface area (Å²) < 4.78 is 0. The van der Waals surface area contributed by atoms with Crippen molar-refractivity contribution in [1.82, 2.24) is 0 Å². The monoisotopic (exact) mass is 199 g/mol. The molecule has 0 aromatic carbocycles. The molecule has 0 bridgehead atoms. The van der Waals surface area contributed by atoms with Crippen LogP contribution in [0.2, 0.25) is 0 Å². The zero-order chi connectivity index (χ0) is 8.88. The van der Waals surface area contributed by atoms with Gasteiger partial charge in [-0.2, -0.15) is 0 Å². The van der Waals surface area contributed by atoms with Gasteiger partial charge in [-0.25, -0.2) is 0 Å². The predicted molar refractivity (Wildman–Crippen MR) is 57.5 cm³/mol. The van der Waals surface area contributed by atoms with Gasteiger partial charge in [-0.15, -0.1) is 11.3 Å². The van der Waals surface area contributed by atoms with Crippen molar-refractivity contribution < 1.29 is 0 Å². The molecule has 12 heavy (non-hydrogen) atoms. The van der Waals surface area contributed by atoms with Gasteiger partial charge >= 0.3 is 0 Å². The Hall–Kier alpha value is -0.150. The van der Waals surface area contributed by atoms with E-state index in [-0.39, 0.29) is 0 Å². The molecule has 1 aromatic heterocycles. The zero-order valence-electron chi connectivity index (χ0n) is 7.84. The van der Waals surface area contributed by atoms with Crippen molar-refractivity contribution in [2.75, 3.05) is 11.9 Å². The van der Waals surface area contributed by atoms with Gasteiger partial charge in [0.05, 0.1) is 11.1 Å². The van der Waals surface area contributed by atoms with Gasteiger partial charge in [0.2, 0.25) is 0 Å². The van der Waals surface area contributed by atoms with Gasteiger partial charge in [0.1, 0.15) is 0 Å².